The average molecular weight is 467 g/mol. The second-order valence-corrected chi connectivity index (χ2v) is 11.5. The third kappa shape index (κ3) is 5.94. The van der Waals surface area contributed by atoms with Crippen molar-refractivity contribution in [1.82, 2.24) is 10.6 Å². The zero-order valence-corrected chi connectivity index (χ0v) is 20.5. The van der Waals surface area contributed by atoms with Gasteiger partial charge in [-0.3, -0.25) is 14.9 Å². The van der Waals surface area contributed by atoms with Gasteiger partial charge in [-0.15, -0.1) is 0 Å². The van der Waals surface area contributed by atoms with Gasteiger partial charge in [0.15, 0.2) is 0 Å². The van der Waals surface area contributed by atoms with Crippen molar-refractivity contribution in [2.75, 3.05) is 23.7 Å². The summed E-state index contributed by atoms with van der Waals surface area (Å²) < 4.78 is 0. The van der Waals surface area contributed by atoms with E-state index >= 15 is 0 Å². The molecule has 5 aliphatic rings. The number of unbranched alkanes of at least 4 members (excludes halogenated alkanes) is 4. The number of hydrogen-bond acceptors (Lipinski definition) is 5. The van der Waals surface area contributed by atoms with Crippen LogP contribution in [0.3, 0.4) is 0 Å². The van der Waals surface area contributed by atoms with Gasteiger partial charge in [0.25, 0.3) is 0 Å². The predicted octanol–water partition coefficient (Wildman–Crippen LogP) is 4.82. The number of benzene rings is 1. The van der Waals surface area contributed by atoms with Crippen molar-refractivity contribution < 1.29 is 9.59 Å². The first kappa shape index (κ1) is 23.7. The zero-order valence-electron chi connectivity index (χ0n) is 20.5. The Hall–Kier alpha value is -2.08. The maximum atomic E-state index is 11.9. The van der Waals surface area contributed by atoms with E-state index in [1.165, 1.54) is 77.2 Å². The van der Waals surface area contributed by atoms with Crippen molar-refractivity contribution in [3.63, 3.8) is 0 Å². The number of imide groups is 1. The lowest BCUT2D eigenvalue weighted by Crippen LogP contribution is -2.58. The van der Waals surface area contributed by atoms with Gasteiger partial charge in [0.05, 0.1) is 0 Å². The van der Waals surface area contributed by atoms with Gasteiger partial charge in [0.1, 0.15) is 6.04 Å². The van der Waals surface area contributed by atoms with E-state index in [4.69, 9.17) is 0 Å². The Labute approximate surface area is 204 Å². The molecule has 0 spiro atoms. The summed E-state index contributed by atoms with van der Waals surface area (Å²) >= 11 is 0. The van der Waals surface area contributed by atoms with E-state index in [-0.39, 0.29) is 17.9 Å². The molecular formula is C28H42N4O2. The maximum absolute atomic E-state index is 11.9. The van der Waals surface area contributed by atoms with Gasteiger partial charge < -0.3 is 16.0 Å². The quantitative estimate of drug-likeness (QED) is 0.262. The molecule has 4 N–H and O–H groups in total. The number of piperidine rings is 1. The standard InChI is InChI=1S/C28H42N4O2/c33-26-11-10-25(27(34)32-26)31-24-8-6-23(7-9-24)29-12-4-2-1-3-5-13-30-28-17-20-14-21(18-28)16-22(15-20)19-28/h6-9,20-22,25,29-31H,1-5,10-19H2,(H,32,33,34). The van der Waals surface area contributed by atoms with E-state index < -0.39 is 0 Å². The summed E-state index contributed by atoms with van der Waals surface area (Å²) in [5.74, 6) is 2.68. The second-order valence-electron chi connectivity index (χ2n) is 11.5. The van der Waals surface area contributed by atoms with Gasteiger partial charge in [0, 0.05) is 29.9 Å². The number of amides is 2. The first-order valence-electron chi connectivity index (χ1n) is 13.8. The van der Waals surface area contributed by atoms with E-state index in [2.05, 4.69) is 21.3 Å². The predicted molar refractivity (Wildman–Crippen MR) is 137 cm³/mol. The van der Waals surface area contributed by atoms with Gasteiger partial charge in [-0.1, -0.05) is 19.3 Å². The zero-order chi connectivity index (χ0) is 23.4. The van der Waals surface area contributed by atoms with Gasteiger partial charge in [-0.25, -0.2) is 0 Å². The molecule has 1 unspecified atom stereocenters. The smallest absolute Gasteiger partial charge is 0.249 e. The summed E-state index contributed by atoms with van der Waals surface area (Å²) in [5, 5.41) is 13.1. The Bertz CT molecular complexity index is 817. The number of carbonyl (C=O) groups excluding carboxylic acids is 2. The van der Waals surface area contributed by atoms with Gasteiger partial charge >= 0.3 is 0 Å². The minimum atomic E-state index is -0.334. The fourth-order valence-corrected chi connectivity index (χ4v) is 7.41. The Morgan fingerprint density at radius 1 is 0.794 bits per heavy atom. The normalized spacial score (nSPS) is 32.0. The summed E-state index contributed by atoms with van der Waals surface area (Å²) in [5.41, 5.74) is 2.53. The molecule has 1 heterocycles. The molecule has 5 fully saturated rings. The topological polar surface area (TPSA) is 82.3 Å². The fourth-order valence-electron chi connectivity index (χ4n) is 7.41. The monoisotopic (exact) mass is 466 g/mol. The largest absolute Gasteiger partial charge is 0.385 e. The molecule has 1 aromatic rings. The van der Waals surface area contributed by atoms with Crippen molar-refractivity contribution in [2.45, 2.75) is 95.1 Å². The molecule has 6 nitrogen and oxygen atoms in total. The van der Waals surface area contributed by atoms with Crippen LogP contribution in [0, 0.1) is 17.8 Å². The van der Waals surface area contributed by atoms with E-state index in [0.717, 1.165) is 35.7 Å². The van der Waals surface area contributed by atoms with Crippen molar-refractivity contribution >= 4 is 23.2 Å². The second kappa shape index (κ2) is 10.7. The van der Waals surface area contributed by atoms with Crippen LogP contribution >= 0.6 is 0 Å². The minimum absolute atomic E-state index is 0.184. The van der Waals surface area contributed by atoms with Crippen LogP contribution in [0.25, 0.3) is 0 Å². The van der Waals surface area contributed by atoms with Crippen LogP contribution in [0.1, 0.15) is 83.5 Å². The number of hydrogen-bond donors (Lipinski definition) is 4. The molecule has 6 heteroatoms. The highest BCUT2D eigenvalue weighted by molar-refractivity contribution is 6.01. The molecular weight excluding hydrogens is 424 g/mol. The summed E-state index contributed by atoms with van der Waals surface area (Å²) in [6, 6.07) is 7.74. The summed E-state index contributed by atoms with van der Waals surface area (Å²) in [6.45, 7) is 2.20. The number of nitrogens with one attached hydrogen (secondary N) is 4. The van der Waals surface area contributed by atoms with Crippen molar-refractivity contribution in [3.8, 4) is 0 Å². The summed E-state index contributed by atoms with van der Waals surface area (Å²) in [7, 11) is 0. The molecule has 4 aliphatic carbocycles. The van der Waals surface area contributed by atoms with Crippen LogP contribution in [0.5, 0.6) is 0 Å². The van der Waals surface area contributed by atoms with Crippen LogP contribution in [0.2, 0.25) is 0 Å². The Morgan fingerprint density at radius 3 is 2.03 bits per heavy atom. The van der Waals surface area contributed by atoms with Crippen molar-refractivity contribution in [1.29, 1.82) is 0 Å². The minimum Gasteiger partial charge on any atom is -0.385 e. The van der Waals surface area contributed by atoms with Gasteiger partial charge in [-0.05, 0) is 106 Å². The molecule has 4 bridgehead atoms. The highest BCUT2D eigenvalue weighted by Gasteiger charge is 2.50. The molecule has 1 aliphatic heterocycles. The lowest BCUT2D eigenvalue weighted by atomic mass is 9.53. The highest BCUT2D eigenvalue weighted by atomic mass is 16.2. The third-order valence-electron chi connectivity index (χ3n) is 8.69. The van der Waals surface area contributed by atoms with E-state index in [0.29, 0.717) is 18.4 Å². The Kier molecular flexibility index (Phi) is 7.43. The van der Waals surface area contributed by atoms with Crippen LogP contribution in [-0.2, 0) is 9.59 Å². The van der Waals surface area contributed by atoms with E-state index in [9.17, 15) is 9.59 Å². The van der Waals surface area contributed by atoms with Gasteiger partial charge in [-0.2, -0.15) is 0 Å². The fraction of sp³-hybridized carbons (Fsp3) is 0.714. The SMILES string of the molecule is O=C1CCC(Nc2ccc(NCCCCCCCNC34CC5CC(CC(C5)C3)C4)cc2)C(=O)N1. The van der Waals surface area contributed by atoms with E-state index in [1.807, 2.05) is 24.3 Å². The van der Waals surface area contributed by atoms with Crippen molar-refractivity contribution in [2.24, 2.45) is 17.8 Å². The van der Waals surface area contributed by atoms with Crippen LogP contribution in [-0.4, -0.2) is 36.5 Å². The number of rotatable bonds is 12. The lowest BCUT2D eigenvalue weighted by Gasteiger charge is -2.57. The lowest BCUT2D eigenvalue weighted by molar-refractivity contribution is -0.133. The molecule has 34 heavy (non-hydrogen) atoms. The number of carbonyl (C=O) groups is 2. The summed E-state index contributed by atoms with van der Waals surface area (Å²) in [6.07, 6.45) is 16.3. The molecule has 0 aromatic heterocycles. The highest BCUT2D eigenvalue weighted by Crippen LogP contribution is 2.55. The molecule has 0 radical (unpaired) electrons. The van der Waals surface area contributed by atoms with Crippen molar-refractivity contribution in [3.05, 3.63) is 24.3 Å². The Morgan fingerprint density at radius 2 is 1.38 bits per heavy atom. The summed E-state index contributed by atoms with van der Waals surface area (Å²) in [4.78, 5) is 23.1. The Balaban J connectivity index is 0.905. The van der Waals surface area contributed by atoms with Crippen LogP contribution in [0.4, 0.5) is 11.4 Å². The van der Waals surface area contributed by atoms with Crippen LogP contribution in [0.15, 0.2) is 24.3 Å². The molecule has 6 rings (SSSR count). The first-order valence-corrected chi connectivity index (χ1v) is 13.8. The average Bonchev–Trinajstić information content (AvgIpc) is 2.80. The molecule has 186 valence electrons. The maximum Gasteiger partial charge on any atom is 0.249 e. The van der Waals surface area contributed by atoms with Crippen LogP contribution < -0.4 is 21.3 Å². The molecule has 4 saturated carbocycles. The third-order valence-corrected chi connectivity index (χ3v) is 8.69. The first-order chi connectivity index (χ1) is 16.6. The van der Waals surface area contributed by atoms with Gasteiger partial charge in [0.2, 0.25) is 11.8 Å². The van der Waals surface area contributed by atoms with E-state index in [1.54, 1.807) is 0 Å². The molecule has 1 aromatic carbocycles. The molecule has 1 atom stereocenters. The number of anilines is 2. The molecule has 1 saturated heterocycles. The molecule has 2 amide bonds.